The number of rotatable bonds is 3. The summed E-state index contributed by atoms with van der Waals surface area (Å²) in [6.07, 6.45) is 4.65. The van der Waals surface area contributed by atoms with Crippen molar-refractivity contribution >= 4 is 15.9 Å². The lowest BCUT2D eigenvalue weighted by Crippen LogP contribution is -2.33. The van der Waals surface area contributed by atoms with Gasteiger partial charge in [-0.1, -0.05) is 18.2 Å². The van der Waals surface area contributed by atoms with Crippen LogP contribution in [0.15, 0.2) is 18.2 Å². The Morgan fingerprint density at radius 3 is 2.55 bits per heavy atom. The van der Waals surface area contributed by atoms with Gasteiger partial charge in [0.05, 0.1) is 6.04 Å². The molecule has 2 atom stereocenters. The Balaban J connectivity index is 1.82. The number of aryl methyl sites for hydroxylation is 2. The van der Waals surface area contributed by atoms with Crippen molar-refractivity contribution in [3.63, 3.8) is 0 Å². The van der Waals surface area contributed by atoms with Crippen molar-refractivity contribution < 1.29 is 13.2 Å². The van der Waals surface area contributed by atoms with Gasteiger partial charge in [-0.3, -0.25) is 4.79 Å². The zero-order valence-corrected chi connectivity index (χ0v) is 13.6. The third kappa shape index (κ3) is 2.90. The Morgan fingerprint density at radius 1 is 1.23 bits per heavy atom. The van der Waals surface area contributed by atoms with Crippen molar-refractivity contribution in [2.24, 2.45) is 5.14 Å². The Labute approximate surface area is 131 Å². The standard InChI is InChI=1S/C16H22N2O3S/c1-11(18-10-15(9-16(18)19)22(17,20)21)13-7-6-12-4-2-3-5-14(12)8-13/h6-8,11,15H,2-5,9-10H2,1H3,(H2,17,20,21). The average Bonchev–Trinajstić information content (AvgIpc) is 2.88. The first-order valence-corrected chi connectivity index (χ1v) is 9.40. The molecule has 22 heavy (non-hydrogen) atoms. The zero-order chi connectivity index (χ0) is 15.9. The molecule has 1 heterocycles. The maximum Gasteiger partial charge on any atom is 0.224 e. The third-order valence-electron chi connectivity index (χ3n) is 4.91. The van der Waals surface area contributed by atoms with Crippen LogP contribution in [0.25, 0.3) is 0 Å². The highest BCUT2D eigenvalue weighted by Gasteiger charge is 2.38. The number of hydrogen-bond donors (Lipinski definition) is 1. The topological polar surface area (TPSA) is 80.5 Å². The third-order valence-corrected chi connectivity index (χ3v) is 6.16. The quantitative estimate of drug-likeness (QED) is 0.916. The molecule has 2 aliphatic rings. The number of carbonyl (C=O) groups is 1. The van der Waals surface area contributed by atoms with Crippen molar-refractivity contribution in [1.29, 1.82) is 0 Å². The minimum absolute atomic E-state index is 0.00584. The maximum atomic E-state index is 12.1. The average molecular weight is 322 g/mol. The smallest absolute Gasteiger partial charge is 0.224 e. The van der Waals surface area contributed by atoms with Crippen LogP contribution in [0.2, 0.25) is 0 Å². The van der Waals surface area contributed by atoms with Gasteiger partial charge in [0, 0.05) is 13.0 Å². The van der Waals surface area contributed by atoms with Gasteiger partial charge in [0.15, 0.2) is 0 Å². The second-order valence-corrected chi connectivity index (χ2v) is 8.22. The summed E-state index contributed by atoms with van der Waals surface area (Å²) in [5.41, 5.74) is 3.84. The number of nitrogens with two attached hydrogens (primary N) is 1. The van der Waals surface area contributed by atoms with Gasteiger partial charge in [0.2, 0.25) is 15.9 Å². The number of hydrogen-bond acceptors (Lipinski definition) is 3. The number of benzene rings is 1. The molecule has 0 radical (unpaired) electrons. The lowest BCUT2D eigenvalue weighted by molar-refractivity contribution is -0.129. The molecule has 1 amide bonds. The van der Waals surface area contributed by atoms with Crippen LogP contribution in [0.3, 0.4) is 0 Å². The Kier molecular flexibility index (Phi) is 3.99. The Morgan fingerprint density at radius 2 is 1.91 bits per heavy atom. The van der Waals surface area contributed by atoms with Crippen LogP contribution in [0.1, 0.15) is 48.9 Å². The van der Waals surface area contributed by atoms with Crippen LogP contribution in [-0.4, -0.2) is 31.0 Å². The molecule has 0 spiro atoms. The summed E-state index contributed by atoms with van der Waals surface area (Å²) in [6, 6.07) is 6.27. The SMILES string of the molecule is CC(c1ccc2c(c1)CCCC2)N1CC(S(N)(=O)=O)CC1=O. The molecule has 1 aromatic carbocycles. The molecule has 0 aromatic heterocycles. The summed E-state index contributed by atoms with van der Waals surface area (Å²) in [5.74, 6) is -0.135. The van der Waals surface area contributed by atoms with Gasteiger partial charge < -0.3 is 4.90 Å². The summed E-state index contributed by atoms with van der Waals surface area (Å²) >= 11 is 0. The van der Waals surface area contributed by atoms with Gasteiger partial charge in [-0.2, -0.15) is 0 Å². The predicted octanol–water partition coefficient (Wildman–Crippen LogP) is 1.52. The van der Waals surface area contributed by atoms with E-state index in [0.29, 0.717) is 0 Å². The molecular formula is C16H22N2O3S. The Bertz CT molecular complexity index is 699. The molecular weight excluding hydrogens is 300 g/mol. The largest absolute Gasteiger partial charge is 0.335 e. The highest BCUT2D eigenvalue weighted by molar-refractivity contribution is 7.89. The normalized spacial score (nSPS) is 23.5. The van der Waals surface area contributed by atoms with E-state index in [9.17, 15) is 13.2 Å². The molecule has 1 aliphatic carbocycles. The minimum Gasteiger partial charge on any atom is -0.335 e. The molecule has 1 fully saturated rings. The zero-order valence-electron chi connectivity index (χ0n) is 12.8. The van der Waals surface area contributed by atoms with Crippen molar-refractivity contribution in [3.05, 3.63) is 34.9 Å². The summed E-state index contributed by atoms with van der Waals surface area (Å²) in [6.45, 7) is 2.14. The van der Waals surface area contributed by atoms with Crippen molar-refractivity contribution in [3.8, 4) is 0 Å². The van der Waals surface area contributed by atoms with Crippen molar-refractivity contribution in [1.82, 2.24) is 4.90 Å². The molecule has 6 heteroatoms. The number of sulfonamides is 1. The Hall–Kier alpha value is -1.40. The monoisotopic (exact) mass is 322 g/mol. The van der Waals surface area contributed by atoms with E-state index in [-0.39, 0.29) is 24.9 Å². The van der Waals surface area contributed by atoms with E-state index >= 15 is 0 Å². The molecule has 0 saturated carbocycles. The lowest BCUT2D eigenvalue weighted by Gasteiger charge is -2.26. The molecule has 2 N–H and O–H groups in total. The number of primary sulfonamides is 1. The van der Waals surface area contributed by atoms with Crippen LogP contribution in [0, 0.1) is 0 Å². The lowest BCUT2D eigenvalue weighted by atomic mass is 9.89. The van der Waals surface area contributed by atoms with E-state index in [0.717, 1.165) is 18.4 Å². The van der Waals surface area contributed by atoms with Gasteiger partial charge >= 0.3 is 0 Å². The fourth-order valence-corrected chi connectivity index (χ4v) is 4.23. The van der Waals surface area contributed by atoms with Crippen LogP contribution in [0.4, 0.5) is 0 Å². The van der Waals surface area contributed by atoms with Crippen molar-refractivity contribution in [2.45, 2.75) is 50.3 Å². The second kappa shape index (κ2) is 5.66. The van der Waals surface area contributed by atoms with E-state index in [1.165, 1.54) is 24.0 Å². The predicted molar refractivity (Wildman–Crippen MR) is 84.7 cm³/mol. The van der Waals surface area contributed by atoms with Gasteiger partial charge in [-0.15, -0.1) is 0 Å². The van der Waals surface area contributed by atoms with Crippen LogP contribution in [-0.2, 0) is 27.7 Å². The first kappa shape index (κ1) is 15.5. The van der Waals surface area contributed by atoms with E-state index in [2.05, 4.69) is 18.2 Å². The summed E-state index contributed by atoms with van der Waals surface area (Å²) in [4.78, 5) is 13.8. The fraction of sp³-hybridized carbons (Fsp3) is 0.562. The number of fused-ring (bicyclic) bond motifs is 1. The number of amides is 1. The maximum absolute atomic E-state index is 12.1. The molecule has 5 nitrogen and oxygen atoms in total. The van der Waals surface area contributed by atoms with Crippen LogP contribution < -0.4 is 5.14 Å². The minimum atomic E-state index is -3.66. The summed E-state index contributed by atoms with van der Waals surface area (Å²) in [7, 11) is -3.66. The van der Waals surface area contributed by atoms with Gasteiger partial charge in [-0.25, -0.2) is 13.6 Å². The van der Waals surface area contributed by atoms with E-state index < -0.39 is 15.3 Å². The first-order valence-electron chi connectivity index (χ1n) is 7.79. The summed E-state index contributed by atoms with van der Waals surface area (Å²) < 4.78 is 22.9. The molecule has 3 rings (SSSR count). The molecule has 1 aliphatic heterocycles. The van der Waals surface area contributed by atoms with Crippen LogP contribution >= 0.6 is 0 Å². The van der Waals surface area contributed by atoms with E-state index in [1.807, 2.05) is 6.92 Å². The first-order chi connectivity index (χ1) is 10.4. The summed E-state index contributed by atoms with van der Waals surface area (Å²) in [5, 5.41) is 4.41. The highest BCUT2D eigenvalue weighted by Crippen LogP contribution is 2.30. The molecule has 1 saturated heterocycles. The molecule has 0 bridgehead atoms. The highest BCUT2D eigenvalue weighted by atomic mass is 32.2. The molecule has 120 valence electrons. The van der Waals surface area contributed by atoms with E-state index in [1.54, 1.807) is 4.90 Å². The number of likely N-dealkylation sites (tertiary alicyclic amines) is 1. The van der Waals surface area contributed by atoms with Crippen molar-refractivity contribution in [2.75, 3.05) is 6.54 Å². The van der Waals surface area contributed by atoms with Crippen LogP contribution in [0.5, 0.6) is 0 Å². The molecule has 2 unspecified atom stereocenters. The van der Waals surface area contributed by atoms with Gasteiger partial charge in [0.1, 0.15) is 5.25 Å². The van der Waals surface area contributed by atoms with Gasteiger partial charge in [-0.05, 0) is 49.3 Å². The molecule has 1 aromatic rings. The number of nitrogens with zero attached hydrogens (tertiary/aromatic N) is 1. The van der Waals surface area contributed by atoms with E-state index in [4.69, 9.17) is 5.14 Å². The second-order valence-electron chi connectivity index (χ2n) is 6.37. The number of carbonyl (C=O) groups excluding carboxylic acids is 1. The fourth-order valence-electron chi connectivity index (χ4n) is 3.49. The van der Waals surface area contributed by atoms with Gasteiger partial charge in [0.25, 0.3) is 0 Å².